The predicted molar refractivity (Wildman–Crippen MR) is 82.7 cm³/mol. The fourth-order valence-corrected chi connectivity index (χ4v) is 2.58. The van der Waals surface area contributed by atoms with Gasteiger partial charge in [-0.1, -0.05) is 32.0 Å². The van der Waals surface area contributed by atoms with Crippen LogP contribution < -0.4 is 5.32 Å². The van der Waals surface area contributed by atoms with Gasteiger partial charge in [-0.2, -0.15) is 0 Å². The number of nitrogens with one attached hydrogen (secondary N) is 1. The van der Waals surface area contributed by atoms with E-state index in [2.05, 4.69) is 51.2 Å². The van der Waals surface area contributed by atoms with Gasteiger partial charge in [0.1, 0.15) is 0 Å². The number of hydrogen-bond donors (Lipinski definition) is 1. The average Bonchev–Trinajstić information content (AvgIpc) is 2.34. The number of aryl methyl sites for hydroxylation is 2. The summed E-state index contributed by atoms with van der Waals surface area (Å²) in [7, 11) is 1.78. The maximum Gasteiger partial charge on any atom is 0.0488 e. The first-order valence-electron chi connectivity index (χ1n) is 7.35. The molecule has 0 saturated heterocycles. The molecule has 108 valence electrons. The Kier molecular flexibility index (Phi) is 7.11. The Morgan fingerprint density at radius 3 is 2.53 bits per heavy atom. The molecule has 0 aliphatic heterocycles. The molecule has 0 heterocycles. The Balaban J connectivity index is 2.63. The molecular weight excluding hydrogens is 234 g/mol. The second-order valence-corrected chi connectivity index (χ2v) is 5.67. The van der Waals surface area contributed by atoms with Crippen LogP contribution in [-0.2, 0) is 11.2 Å². The molecule has 2 atom stereocenters. The van der Waals surface area contributed by atoms with Crippen molar-refractivity contribution in [1.29, 1.82) is 0 Å². The molecule has 0 fully saturated rings. The summed E-state index contributed by atoms with van der Waals surface area (Å²) in [6.07, 6.45) is 2.26. The highest BCUT2D eigenvalue weighted by molar-refractivity contribution is 5.30. The molecule has 1 rings (SSSR count). The van der Waals surface area contributed by atoms with Crippen molar-refractivity contribution in [2.24, 2.45) is 5.92 Å². The van der Waals surface area contributed by atoms with Gasteiger partial charge in [0.15, 0.2) is 0 Å². The molecule has 0 aromatic heterocycles. The van der Waals surface area contributed by atoms with Crippen LogP contribution in [0.15, 0.2) is 18.2 Å². The van der Waals surface area contributed by atoms with Crippen LogP contribution in [0, 0.1) is 19.8 Å². The van der Waals surface area contributed by atoms with Gasteiger partial charge in [-0.25, -0.2) is 0 Å². The monoisotopic (exact) mass is 263 g/mol. The second-order valence-electron chi connectivity index (χ2n) is 5.67. The van der Waals surface area contributed by atoms with E-state index in [0.717, 1.165) is 26.0 Å². The number of methoxy groups -OCH3 is 1. The van der Waals surface area contributed by atoms with Crippen molar-refractivity contribution >= 4 is 0 Å². The van der Waals surface area contributed by atoms with E-state index >= 15 is 0 Å². The summed E-state index contributed by atoms with van der Waals surface area (Å²) in [5, 5.41) is 3.60. The van der Waals surface area contributed by atoms with Gasteiger partial charge < -0.3 is 10.1 Å². The largest absolute Gasteiger partial charge is 0.384 e. The van der Waals surface area contributed by atoms with Crippen LogP contribution in [0.4, 0.5) is 0 Å². The molecule has 0 amide bonds. The van der Waals surface area contributed by atoms with E-state index < -0.39 is 0 Å². The van der Waals surface area contributed by atoms with Gasteiger partial charge in [0, 0.05) is 19.8 Å². The standard InChI is InChI=1S/C17H29NO/c1-6-18-17(9-13(2)12-19-5)11-16-8-7-14(3)15(4)10-16/h7-8,10,13,17-18H,6,9,11-12H2,1-5H3. The molecule has 2 nitrogen and oxygen atoms in total. The highest BCUT2D eigenvalue weighted by Gasteiger charge is 2.13. The molecule has 0 radical (unpaired) electrons. The van der Waals surface area contributed by atoms with Gasteiger partial charge >= 0.3 is 0 Å². The smallest absolute Gasteiger partial charge is 0.0488 e. The first kappa shape index (κ1) is 16.2. The maximum atomic E-state index is 5.24. The third kappa shape index (κ3) is 5.75. The van der Waals surface area contributed by atoms with Crippen LogP contribution in [0.2, 0.25) is 0 Å². The molecular formula is C17H29NO. The molecule has 1 aromatic carbocycles. The molecule has 0 bridgehead atoms. The maximum absolute atomic E-state index is 5.24. The summed E-state index contributed by atoms with van der Waals surface area (Å²) in [5.41, 5.74) is 4.19. The molecule has 1 aromatic rings. The number of benzene rings is 1. The Hall–Kier alpha value is -0.860. The molecule has 2 unspecified atom stereocenters. The second kappa shape index (κ2) is 8.34. The Morgan fingerprint density at radius 2 is 1.95 bits per heavy atom. The van der Waals surface area contributed by atoms with Gasteiger partial charge in [-0.05, 0) is 55.8 Å². The van der Waals surface area contributed by atoms with Crippen LogP contribution in [-0.4, -0.2) is 26.3 Å². The third-order valence-corrected chi connectivity index (χ3v) is 3.68. The number of likely N-dealkylation sites (N-methyl/N-ethyl adjacent to an activating group) is 1. The van der Waals surface area contributed by atoms with Gasteiger partial charge in [0.05, 0.1) is 0 Å². The van der Waals surface area contributed by atoms with Crippen molar-refractivity contribution in [3.8, 4) is 0 Å². The normalized spacial score (nSPS) is 14.4. The number of rotatable bonds is 8. The van der Waals surface area contributed by atoms with E-state index in [1.54, 1.807) is 7.11 Å². The summed E-state index contributed by atoms with van der Waals surface area (Å²) in [6.45, 7) is 10.7. The highest BCUT2D eigenvalue weighted by atomic mass is 16.5. The van der Waals surface area contributed by atoms with E-state index in [-0.39, 0.29) is 0 Å². The minimum absolute atomic E-state index is 0.539. The van der Waals surface area contributed by atoms with E-state index in [1.807, 2.05) is 0 Å². The molecule has 19 heavy (non-hydrogen) atoms. The molecule has 0 aliphatic rings. The zero-order chi connectivity index (χ0) is 14.3. The SMILES string of the molecule is CCNC(Cc1ccc(C)c(C)c1)CC(C)COC. The molecule has 1 N–H and O–H groups in total. The summed E-state index contributed by atoms with van der Waals surface area (Å²) < 4.78 is 5.24. The summed E-state index contributed by atoms with van der Waals surface area (Å²) in [5.74, 6) is 0.598. The first-order valence-corrected chi connectivity index (χ1v) is 7.35. The summed E-state index contributed by atoms with van der Waals surface area (Å²) in [4.78, 5) is 0. The van der Waals surface area contributed by atoms with E-state index in [4.69, 9.17) is 4.74 Å². The van der Waals surface area contributed by atoms with Crippen LogP contribution in [0.1, 0.15) is 37.0 Å². The third-order valence-electron chi connectivity index (χ3n) is 3.68. The minimum atomic E-state index is 0.539. The van der Waals surface area contributed by atoms with E-state index in [0.29, 0.717) is 12.0 Å². The molecule has 0 saturated carbocycles. The van der Waals surface area contributed by atoms with Gasteiger partial charge in [-0.15, -0.1) is 0 Å². The number of hydrogen-bond acceptors (Lipinski definition) is 2. The van der Waals surface area contributed by atoms with Crippen molar-refractivity contribution in [3.63, 3.8) is 0 Å². The first-order chi connectivity index (χ1) is 9.06. The highest BCUT2D eigenvalue weighted by Crippen LogP contribution is 2.15. The Bertz CT molecular complexity index is 376. The van der Waals surface area contributed by atoms with Crippen LogP contribution >= 0.6 is 0 Å². The van der Waals surface area contributed by atoms with Gasteiger partial charge in [-0.3, -0.25) is 0 Å². The van der Waals surface area contributed by atoms with Crippen molar-refractivity contribution in [3.05, 3.63) is 34.9 Å². The quantitative estimate of drug-likeness (QED) is 0.775. The minimum Gasteiger partial charge on any atom is -0.384 e. The lowest BCUT2D eigenvalue weighted by Gasteiger charge is -2.22. The lowest BCUT2D eigenvalue weighted by atomic mass is 9.95. The van der Waals surface area contributed by atoms with Crippen molar-refractivity contribution in [1.82, 2.24) is 5.32 Å². The average molecular weight is 263 g/mol. The zero-order valence-electron chi connectivity index (χ0n) is 13.1. The number of ether oxygens (including phenoxy) is 1. The van der Waals surface area contributed by atoms with Crippen LogP contribution in [0.25, 0.3) is 0 Å². The van der Waals surface area contributed by atoms with Crippen molar-refractivity contribution < 1.29 is 4.74 Å². The van der Waals surface area contributed by atoms with Crippen LogP contribution in [0.3, 0.4) is 0 Å². The lowest BCUT2D eigenvalue weighted by molar-refractivity contribution is 0.149. The molecule has 0 spiro atoms. The molecule has 0 aliphatic carbocycles. The van der Waals surface area contributed by atoms with E-state index in [1.165, 1.54) is 16.7 Å². The van der Waals surface area contributed by atoms with Crippen LogP contribution in [0.5, 0.6) is 0 Å². The van der Waals surface area contributed by atoms with Crippen molar-refractivity contribution in [2.75, 3.05) is 20.3 Å². The summed E-state index contributed by atoms with van der Waals surface area (Å²) in [6, 6.07) is 7.35. The topological polar surface area (TPSA) is 21.3 Å². The zero-order valence-corrected chi connectivity index (χ0v) is 13.1. The van der Waals surface area contributed by atoms with E-state index in [9.17, 15) is 0 Å². The summed E-state index contributed by atoms with van der Waals surface area (Å²) >= 11 is 0. The Labute approximate surface area is 118 Å². The van der Waals surface area contributed by atoms with Gasteiger partial charge in [0.2, 0.25) is 0 Å². The fraction of sp³-hybridized carbons (Fsp3) is 0.647. The fourth-order valence-electron chi connectivity index (χ4n) is 2.58. The molecule has 2 heteroatoms. The van der Waals surface area contributed by atoms with Crippen molar-refractivity contribution in [2.45, 2.75) is 46.6 Å². The Morgan fingerprint density at radius 1 is 1.21 bits per heavy atom. The lowest BCUT2D eigenvalue weighted by Crippen LogP contribution is -2.33. The predicted octanol–water partition coefficient (Wildman–Crippen LogP) is 3.50. The van der Waals surface area contributed by atoms with Gasteiger partial charge in [0.25, 0.3) is 0 Å².